The molecule has 1 atom stereocenters. The maximum Gasteiger partial charge on any atom is 0.408 e. The van der Waals surface area contributed by atoms with Crippen molar-refractivity contribution >= 4 is 35.7 Å². The van der Waals surface area contributed by atoms with Gasteiger partial charge >= 0.3 is 12.1 Å². The molecule has 0 aromatic heterocycles. The van der Waals surface area contributed by atoms with Crippen molar-refractivity contribution in [1.82, 2.24) is 10.2 Å². The third-order valence-electron chi connectivity index (χ3n) is 7.54. The van der Waals surface area contributed by atoms with E-state index in [0.717, 1.165) is 16.7 Å². The first-order chi connectivity index (χ1) is 20.7. The third-order valence-corrected chi connectivity index (χ3v) is 7.54. The van der Waals surface area contributed by atoms with Crippen LogP contribution in [0.15, 0.2) is 84.4 Å². The van der Waals surface area contributed by atoms with Gasteiger partial charge in [-0.05, 0) is 67.0 Å². The van der Waals surface area contributed by atoms with E-state index < -0.39 is 23.7 Å². The maximum absolute atomic E-state index is 13.8. The number of rotatable bonds is 6. The second-order valence-electron chi connectivity index (χ2n) is 11.9. The summed E-state index contributed by atoms with van der Waals surface area (Å²) >= 11 is 0. The van der Waals surface area contributed by atoms with Crippen molar-refractivity contribution in [3.05, 3.63) is 112 Å². The van der Waals surface area contributed by atoms with E-state index >= 15 is 0 Å². The van der Waals surface area contributed by atoms with Crippen molar-refractivity contribution in [2.45, 2.75) is 58.3 Å². The fourth-order valence-corrected chi connectivity index (χ4v) is 5.53. The summed E-state index contributed by atoms with van der Waals surface area (Å²) in [5.74, 6) is -0.896. The second kappa shape index (κ2) is 13.1. The van der Waals surface area contributed by atoms with Gasteiger partial charge in [-0.3, -0.25) is 9.59 Å². The van der Waals surface area contributed by atoms with E-state index in [1.54, 1.807) is 25.7 Å². The Morgan fingerprint density at radius 3 is 1.95 bits per heavy atom. The monoisotopic (exact) mass is 578 g/mol. The van der Waals surface area contributed by atoms with E-state index in [0.29, 0.717) is 25.9 Å². The SMILES string of the molecule is CC(C)(C)OC(=O)N[C@@H](CC(=O)OCc1ccccc1)C(=O)N1CCC(=C2c3ccccc3C=Cc3ccccc32)CC1. The molecule has 3 aromatic carbocycles. The van der Waals surface area contributed by atoms with E-state index in [-0.39, 0.29) is 18.9 Å². The first-order valence-corrected chi connectivity index (χ1v) is 14.7. The zero-order valence-corrected chi connectivity index (χ0v) is 25.0. The molecule has 2 aliphatic rings. The minimum atomic E-state index is -1.10. The summed E-state index contributed by atoms with van der Waals surface area (Å²) in [7, 11) is 0. The summed E-state index contributed by atoms with van der Waals surface area (Å²) in [4.78, 5) is 41.0. The third kappa shape index (κ3) is 7.60. The molecule has 0 radical (unpaired) electrons. The van der Waals surface area contributed by atoms with Gasteiger partial charge in [-0.1, -0.05) is 96.6 Å². The Hall–Kier alpha value is -4.65. The van der Waals surface area contributed by atoms with Gasteiger partial charge < -0.3 is 19.7 Å². The van der Waals surface area contributed by atoms with E-state index in [9.17, 15) is 14.4 Å². The Morgan fingerprint density at radius 2 is 1.37 bits per heavy atom. The largest absolute Gasteiger partial charge is 0.461 e. The van der Waals surface area contributed by atoms with E-state index in [1.165, 1.54) is 22.3 Å². The van der Waals surface area contributed by atoms with Crippen molar-refractivity contribution in [3.63, 3.8) is 0 Å². The molecule has 0 saturated carbocycles. The fraction of sp³-hybridized carbons (Fsp3) is 0.306. The van der Waals surface area contributed by atoms with Crippen molar-refractivity contribution in [2.24, 2.45) is 0 Å². The van der Waals surface area contributed by atoms with Gasteiger partial charge in [-0.25, -0.2) is 4.79 Å². The minimum absolute atomic E-state index is 0.0888. The Kier molecular flexibility index (Phi) is 9.10. The maximum atomic E-state index is 13.8. The average Bonchev–Trinajstić information content (AvgIpc) is 3.16. The molecule has 5 rings (SSSR count). The number of nitrogens with one attached hydrogen (secondary N) is 1. The Labute approximate surface area is 253 Å². The van der Waals surface area contributed by atoms with Crippen LogP contribution in [0, 0.1) is 0 Å². The number of hydrogen-bond acceptors (Lipinski definition) is 5. The number of hydrogen-bond donors (Lipinski definition) is 1. The molecule has 7 nitrogen and oxygen atoms in total. The van der Waals surface area contributed by atoms with Crippen LogP contribution in [-0.4, -0.2) is 47.6 Å². The molecule has 1 aliphatic heterocycles. The molecule has 43 heavy (non-hydrogen) atoms. The van der Waals surface area contributed by atoms with Crippen molar-refractivity contribution in [3.8, 4) is 0 Å². The number of carbonyl (C=O) groups is 3. The zero-order chi connectivity index (χ0) is 30.4. The number of piperidine rings is 1. The lowest BCUT2D eigenvalue weighted by Crippen LogP contribution is -2.52. The van der Waals surface area contributed by atoms with Gasteiger partial charge in [0.25, 0.3) is 0 Å². The van der Waals surface area contributed by atoms with Crippen LogP contribution in [0.1, 0.15) is 67.9 Å². The molecule has 0 unspecified atom stereocenters. The standard InChI is InChI=1S/C36H38N2O5/c1-36(2,3)43-35(41)37-31(23-32(39)42-24-25-11-5-4-6-12-25)34(40)38-21-19-28(20-22-38)33-29-15-9-7-13-26(29)17-18-27-14-8-10-16-30(27)33/h4-18,31H,19-24H2,1-3H3,(H,37,41)/t31-/m0/s1. The number of fused-ring (bicyclic) bond motifs is 2. The number of amides is 2. The lowest BCUT2D eigenvalue weighted by molar-refractivity contribution is -0.148. The predicted octanol–water partition coefficient (Wildman–Crippen LogP) is 6.62. The topological polar surface area (TPSA) is 84.9 Å². The number of esters is 1. The van der Waals surface area contributed by atoms with Gasteiger partial charge in [0.1, 0.15) is 18.2 Å². The van der Waals surface area contributed by atoms with Crippen LogP contribution in [0.5, 0.6) is 0 Å². The molecular weight excluding hydrogens is 540 g/mol. The molecule has 3 aromatic rings. The number of ether oxygens (including phenoxy) is 2. The van der Waals surface area contributed by atoms with Gasteiger partial charge in [0, 0.05) is 13.1 Å². The molecule has 1 saturated heterocycles. The highest BCUT2D eigenvalue weighted by molar-refractivity contribution is 5.95. The van der Waals surface area contributed by atoms with Crippen LogP contribution in [0.3, 0.4) is 0 Å². The number of alkyl carbamates (subject to hydrolysis) is 1. The number of nitrogens with zero attached hydrogens (tertiary/aromatic N) is 1. The van der Waals surface area contributed by atoms with Crippen LogP contribution < -0.4 is 5.32 Å². The van der Waals surface area contributed by atoms with Gasteiger partial charge in [0.2, 0.25) is 5.91 Å². The number of likely N-dealkylation sites (tertiary alicyclic amines) is 1. The van der Waals surface area contributed by atoms with Gasteiger partial charge in [-0.15, -0.1) is 0 Å². The summed E-state index contributed by atoms with van der Waals surface area (Å²) in [6, 6.07) is 25.0. The van der Waals surface area contributed by atoms with E-state index in [2.05, 4.69) is 53.9 Å². The molecule has 0 bridgehead atoms. The van der Waals surface area contributed by atoms with E-state index in [1.807, 2.05) is 42.5 Å². The first-order valence-electron chi connectivity index (χ1n) is 14.7. The zero-order valence-electron chi connectivity index (χ0n) is 25.0. The van der Waals surface area contributed by atoms with Crippen LogP contribution in [-0.2, 0) is 25.7 Å². The summed E-state index contributed by atoms with van der Waals surface area (Å²) < 4.78 is 10.8. The molecule has 222 valence electrons. The lowest BCUT2D eigenvalue weighted by atomic mass is 9.86. The molecule has 2 amide bonds. The Balaban J connectivity index is 1.33. The van der Waals surface area contributed by atoms with Crippen LogP contribution in [0.4, 0.5) is 4.79 Å². The van der Waals surface area contributed by atoms with Crippen molar-refractivity contribution in [1.29, 1.82) is 0 Å². The molecular formula is C36H38N2O5. The molecule has 0 spiro atoms. The highest BCUT2D eigenvalue weighted by Crippen LogP contribution is 2.38. The van der Waals surface area contributed by atoms with Crippen molar-refractivity contribution < 1.29 is 23.9 Å². The average molecular weight is 579 g/mol. The number of benzene rings is 3. The summed E-state index contributed by atoms with van der Waals surface area (Å²) in [5.41, 5.74) is 7.28. The van der Waals surface area contributed by atoms with Gasteiger partial charge in [0.15, 0.2) is 0 Å². The Morgan fingerprint density at radius 1 is 0.814 bits per heavy atom. The van der Waals surface area contributed by atoms with Gasteiger partial charge in [-0.2, -0.15) is 0 Å². The summed E-state index contributed by atoms with van der Waals surface area (Å²) in [5, 5.41) is 2.64. The second-order valence-corrected chi connectivity index (χ2v) is 11.9. The van der Waals surface area contributed by atoms with Crippen molar-refractivity contribution in [2.75, 3.05) is 13.1 Å². The predicted molar refractivity (Wildman–Crippen MR) is 168 cm³/mol. The lowest BCUT2D eigenvalue weighted by Gasteiger charge is -2.33. The number of carbonyl (C=O) groups excluding carboxylic acids is 3. The fourth-order valence-electron chi connectivity index (χ4n) is 5.53. The first kappa shape index (κ1) is 29.8. The van der Waals surface area contributed by atoms with Gasteiger partial charge in [0.05, 0.1) is 6.42 Å². The highest BCUT2D eigenvalue weighted by Gasteiger charge is 2.33. The normalized spacial score (nSPS) is 15.1. The Bertz CT molecular complexity index is 1490. The minimum Gasteiger partial charge on any atom is -0.461 e. The van der Waals surface area contributed by atoms with Crippen LogP contribution in [0.2, 0.25) is 0 Å². The molecule has 7 heteroatoms. The molecule has 1 fully saturated rings. The summed E-state index contributed by atoms with van der Waals surface area (Å²) in [6.07, 6.45) is 4.64. The molecule has 1 N–H and O–H groups in total. The molecule has 1 heterocycles. The van der Waals surface area contributed by atoms with Crippen LogP contribution >= 0.6 is 0 Å². The molecule has 1 aliphatic carbocycles. The van der Waals surface area contributed by atoms with Crippen LogP contribution in [0.25, 0.3) is 17.7 Å². The quantitative estimate of drug-likeness (QED) is 0.260. The van der Waals surface area contributed by atoms with E-state index in [4.69, 9.17) is 9.47 Å². The highest BCUT2D eigenvalue weighted by atomic mass is 16.6. The summed E-state index contributed by atoms with van der Waals surface area (Å²) in [6.45, 7) is 6.27. The smallest absolute Gasteiger partial charge is 0.408 e.